The lowest BCUT2D eigenvalue weighted by molar-refractivity contribution is 0.0383. The number of aromatic nitrogens is 3. The molecule has 2 N–H and O–H groups in total. The number of nitrogens with zero attached hydrogens (tertiary/aromatic N) is 4. The fourth-order valence-electron chi connectivity index (χ4n) is 4.15. The Morgan fingerprint density at radius 1 is 1.03 bits per heavy atom. The van der Waals surface area contributed by atoms with Gasteiger partial charge in [0.2, 0.25) is 5.95 Å². The summed E-state index contributed by atoms with van der Waals surface area (Å²) >= 11 is 0. The second-order valence-corrected chi connectivity index (χ2v) is 10.8. The van der Waals surface area contributed by atoms with Crippen LogP contribution in [0, 0.1) is 0 Å². The van der Waals surface area contributed by atoms with E-state index in [1.165, 1.54) is 6.26 Å². The number of hydrogen-bond donors (Lipinski definition) is 2. The van der Waals surface area contributed by atoms with Crippen molar-refractivity contribution in [2.24, 2.45) is 0 Å². The number of anilines is 2. The summed E-state index contributed by atoms with van der Waals surface area (Å²) in [4.78, 5) is 19.5. The topological polar surface area (TPSA) is 118 Å². The Bertz CT molecular complexity index is 1510. The largest absolute Gasteiger partial charge is 0.379 e. The van der Waals surface area contributed by atoms with Crippen LogP contribution in [0.3, 0.4) is 0 Å². The molecule has 0 radical (unpaired) electrons. The monoisotopic (exact) mass is 520 g/mol. The van der Waals surface area contributed by atoms with Gasteiger partial charge in [0.25, 0.3) is 5.91 Å². The van der Waals surface area contributed by atoms with Crippen LogP contribution in [-0.4, -0.2) is 79.5 Å². The molecule has 10 nitrogen and oxygen atoms in total. The number of sulfone groups is 1. The second-order valence-electron chi connectivity index (χ2n) is 8.83. The van der Waals surface area contributed by atoms with Crippen molar-refractivity contribution in [3.63, 3.8) is 0 Å². The molecule has 37 heavy (non-hydrogen) atoms. The average molecular weight is 521 g/mol. The smallest absolute Gasteiger partial charge is 0.251 e. The molecule has 1 aliphatic rings. The number of carbonyl (C=O) groups excluding carboxylic acids is 1. The van der Waals surface area contributed by atoms with Crippen LogP contribution >= 0.6 is 0 Å². The molecule has 192 valence electrons. The van der Waals surface area contributed by atoms with Gasteiger partial charge in [-0.2, -0.15) is 4.98 Å². The molecule has 0 spiro atoms. The molecule has 4 aromatic rings. The number of fused-ring (bicyclic) bond motifs is 1. The number of nitrogens with one attached hydrogen (secondary N) is 2. The zero-order valence-corrected chi connectivity index (χ0v) is 21.2. The van der Waals surface area contributed by atoms with Crippen LogP contribution in [0.2, 0.25) is 0 Å². The summed E-state index contributed by atoms with van der Waals surface area (Å²) in [6, 6.07) is 19.4. The molecule has 3 heterocycles. The Morgan fingerprint density at radius 3 is 2.54 bits per heavy atom. The van der Waals surface area contributed by atoms with Gasteiger partial charge < -0.3 is 15.4 Å². The van der Waals surface area contributed by atoms with Crippen molar-refractivity contribution in [1.29, 1.82) is 0 Å². The first-order valence-electron chi connectivity index (χ1n) is 12.0. The number of carbonyl (C=O) groups is 1. The summed E-state index contributed by atoms with van der Waals surface area (Å²) in [6.45, 7) is 4.64. The molecule has 2 aromatic carbocycles. The quantitative estimate of drug-likeness (QED) is 0.364. The highest BCUT2D eigenvalue weighted by Crippen LogP contribution is 2.24. The first-order chi connectivity index (χ1) is 17.9. The number of pyridine rings is 1. The maximum Gasteiger partial charge on any atom is 0.251 e. The fraction of sp³-hybridized carbons (Fsp3) is 0.269. The van der Waals surface area contributed by atoms with Gasteiger partial charge in [0.1, 0.15) is 0 Å². The normalized spacial score (nSPS) is 14.5. The minimum atomic E-state index is -3.34. The highest BCUT2D eigenvalue weighted by molar-refractivity contribution is 7.90. The van der Waals surface area contributed by atoms with Crippen LogP contribution < -0.4 is 10.6 Å². The van der Waals surface area contributed by atoms with Gasteiger partial charge in [-0.1, -0.05) is 18.2 Å². The van der Waals surface area contributed by atoms with E-state index in [1.54, 1.807) is 47.0 Å². The van der Waals surface area contributed by atoms with Gasteiger partial charge in [0.15, 0.2) is 15.5 Å². The number of morpholine rings is 1. The van der Waals surface area contributed by atoms with E-state index in [0.29, 0.717) is 35.0 Å². The molecule has 2 aromatic heterocycles. The van der Waals surface area contributed by atoms with E-state index in [4.69, 9.17) is 4.74 Å². The number of benzene rings is 2. The van der Waals surface area contributed by atoms with Gasteiger partial charge in [-0.15, -0.1) is 5.10 Å². The van der Waals surface area contributed by atoms with Gasteiger partial charge in [-0.25, -0.2) is 12.9 Å². The number of hydrogen-bond acceptors (Lipinski definition) is 8. The van der Waals surface area contributed by atoms with E-state index in [-0.39, 0.29) is 10.8 Å². The number of rotatable bonds is 8. The summed E-state index contributed by atoms with van der Waals surface area (Å²) in [6.07, 6.45) is 1.19. The Hall–Kier alpha value is -3.80. The SMILES string of the molecule is CS(=O)(=O)c1cccc(-c2cccc3nc(Nc4ccc(C(=O)NCCN5CCOCC5)cc4)nn23)c1. The minimum absolute atomic E-state index is 0.119. The third-order valence-corrected chi connectivity index (χ3v) is 7.25. The highest BCUT2D eigenvalue weighted by Gasteiger charge is 2.14. The molecule has 1 fully saturated rings. The summed E-state index contributed by atoms with van der Waals surface area (Å²) in [5, 5.41) is 10.7. The van der Waals surface area contributed by atoms with Crippen molar-refractivity contribution in [2.75, 3.05) is 51.0 Å². The molecular weight excluding hydrogens is 492 g/mol. The van der Waals surface area contributed by atoms with Gasteiger partial charge in [-0.05, 0) is 48.5 Å². The molecule has 11 heteroatoms. The molecule has 1 amide bonds. The molecule has 0 atom stereocenters. The molecule has 0 aliphatic carbocycles. The molecule has 0 unspecified atom stereocenters. The predicted molar refractivity (Wildman–Crippen MR) is 141 cm³/mol. The van der Waals surface area contributed by atoms with Crippen LogP contribution in [0.4, 0.5) is 11.6 Å². The maximum absolute atomic E-state index is 12.5. The van der Waals surface area contributed by atoms with Crippen molar-refractivity contribution < 1.29 is 17.9 Å². The van der Waals surface area contributed by atoms with Gasteiger partial charge in [0.05, 0.1) is 23.8 Å². The Balaban J connectivity index is 1.26. The lowest BCUT2D eigenvalue weighted by atomic mass is 10.1. The molecule has 5 rings (SSSR count). The third kappa shape index (κ3) is 5.96. The van der Waals surface area contributed by atoms with Crippen molar-refractivity contribution >= 4 is 33.0 Å². The van der Waals surface area contributed by atoms with Crippen LogP contribution in [0.15, 0.2) is 71.6 Å². The molecule has 1 saturated heterocycles. The first-order valence-corrected chi connectivity index (χ1v) is 13.9. The van der Waals surface area contributed by atoms with Crippen molar-refractivity contribution in [3.05, 3.63) is 72.3 Å². The Kier molecular flexibility index (Phi) is 7.17. The van der Waals surface area contributed by atoms with E-state index in [9.17, 15) is 13.2 Å². The summed E-state index contributed by atoms with van der Waals surface area (Å²) < 4.78 is 31.0. The maximum atomic E-state index is 12.5. The van der Waals surface area contributed by atoms with Gasteiger partial charge in [0, 0.05) is 49.2 Å². The standard InChI is InChI=1S/C26H28N6O4S/c1-37(34,35)22-5-2-4-20(18-22)23-6-3-7-24-29-26(30-32(23)24)28-21-10-8-19(9-11-21)25(33)27-12-13-31-14-16-36-17-15-31/h2-11,18H,12-17H2,1H3,(H,27,33)(H,28,30). The predicted octanol–water partition coefficient (Wildman–Crippen LogP) is 2.61. The van der Waals surface area contributed by atoms with E-state index < -0.39 is 9.84 Å². The van der Waals surface area contributed by atoms with Crippen LogP contribution in [0.5, 0.6) is 0 Å². The van der Waals surface area contributed by atoms with Gasteiger partial charge >= 0.3 is 0 Å². The lowest BCUT2D eigenvalue weighted by Gasteiger charge is -2.26. The van der Waals surface area contributed by atoms with Crippen LogP contribution in [0.25, 0.3) is 16.9 Å². The third-order valence-electron chi connectivity index (χ3n) is 6.14. The zero-order valence-electron chi connectivity index (χ0n) is 20.4. The van der Waals surface area contributed by atoms with E-state index in [1.807, 2.05) is 24.3 Å². The fourth-order valence-corrected chi connectivity index (χ4v) is 4.82. The Morgan fingerprint density at radius 2 is 1.78 bits per heavy atom. The van der Waals surface area contributed by atoms with Crippen LogP contribution in [0.1, 0.15) is 10.4 Å². The van der Waals surface area contributed by atoms with Crippen LogP contribution in [-0.2, 0) is 14.6 Å². The van der Waals surface area contributed by atoms with E-state index in [2.05, 4.69) is 25.6 Å². The molecular formula is C26H28N6O4S. The van der Waals surface area contributed by atoms with Crippen molar-refractivity contribution in [1.82, 2.24) is 24.8 Å². The molecule has 0 bridgehead atoms. The summed E-state index contributed by atoms with van der Waals surface area (Å²) in [5.41, 5.74) is 3.35. The second kappa shape index (κ2) is 10.7. The summed E-state index contributed by atoms with van der Waals surface area (Å²) in [5.74, 6) is 0.265. The molecule has 0 saturated carbocycles. The van der Waals surface area contributed by atoms with E-state index in [0.717, 1.165) is 38.5 Å². The summed E-state index contributed by atoms with van der Waals surface area (Å²) in [7, 11) is -3.34. The lowest BCUT2D eigenvalue weighted by Crippen LogP contribution is -2.41. The zero-order chi connectivity index (χ0) is 25.8. The number of amides is 1. The highest BCUT2D eigenvalue weighted by atomic mass is 32.2. The van der Waals surface area contributed by atoms with Crippen molar-refractivity contribution in [2.45, 2.75) is 4.90 Å². The minimum Gasteiger partial charge on any atom is -0.379 e. The first kappa shape index (κ1) is 24.9. The van der Waals surface area contributed by atoms with Gasteiger partial charge in [-0.3, -0.25) is 9.69 Å². The molecule has 1 aliphatic heterocycles. The average Bonchev–Trinajstić information content (AvgIpc) is 3.32. The Labute approximate surface area is 215 Å². The van der Waals surface area contributed by atoms with Crippen molar-refractivity contribution in [3.8, 4) is 11.3 Å². The number of ether oxygens (including phenoxy) is 1. The van der Waals surface area contributed by atoms with E-state index >= 15 is 0 Å².